The zero-order valence-corrected chi connectivity index (χ0v) is 8.42. The van der Waals surface area contributed by atoms with E-state index >= 15 is 0 Å². The Kier molecular flexibility index (Phi) is 2.40. The second kappa shape index (κ2) is 3.37. The molecular formula is C11H21N. The minimum atomic E-state index is 0.823. The van der Waals surface area contributed by atoms with Gasteiger partial charge >= 0.3 is 0 Å². The van der Waals surface area contributed by atoms with Crippen molar-refractivity contribution in [3.63, 3.8) is 0 Å². The summed E-state index contributed by atoms with van der Waals surface area (Å²) >= 11 is 0. The maximum absolute atomic E-state index is 2.57. The Morgan fingerprint density at radius 3 is 2.67 bits per heavy atom. The van der Waals surface area contributed by atoms with Crippen LogP contribution in [-0.2, 0) is 0 Å². The highest BCUT2D eigenvalue weighted by molar-refractivity contribution is 4.89. The van der Waals surface area contributed by atoms with Crippen molar-refractivity contribution in [2.75, 3.05) is 13.6 Å². The summed E-state index contributed by atoms with van der Waals surface area (Å²) in [6.45, 7) is 3.74. The summed E-state index contributed by atoms with van der Waals surface area (Å²) in [5, 5.41) is 0. The lowest BCUT2D eigenvalue weighted by Gasteiger charge is -2.23. The fourth-order valence-corrected chi connectivity index (χ4v) is 2.50. The zero-order chi connectivity index (χ0) is 8.55. The largest absolute Gasteiger partial charge is 0.303 e. The first kappa shape index (κ1) is 8.55. The molecule has 70 valence electrons. The normalized spacial score (nSPS) is 44.0. The third-order valence-corrected chi connectivity index (χ3v) is 3.79. The Labute approximate surface area is 76.1 Å². The molecular weight excluding hydrogens is 146 g/mol. The molecule has 12 heavy (non-hydrogen) atoms. The molecule has 1 heteroatoms. The maximum atomic E-state index is 2.57. The molecule has 2 aliphatic rings. The molecule has 1 nitrogen and oxygen atoms in total. The Bertz CT molecular complexity index is 155. The van der Waals surface area contributed by atoms with E-state index in [2.05, 4.69) is 18.9 Å². The first-order valence-corrected chi connectivity index (χ1v) is 5.47. The predicted molar refractivity (Wildman–Crippen MR) is 52.2 cm³/mol. The molecule has 0 bridgehead atoms. The van der Waals surface area contributed by atoms with Crippen molar-refractivity contribution in [2.45, 2.75) is 45.1 Å². The van der Waals surface area contributed by atoms with Crippen LogP contribution in [0.2, 0.25) is 0 Å². The molecule has 3 unspecified atom stereocenters. The van der Waals surface area contributed by atoms with Crippen molar-refractivity contribution in [2.24, 2.45) is 11.8 Å². The van der Waals surface area contributed by atoms with Crippen molar-refractivity contribution in [3.8, 4) is 0 Å². The minimum absolute atomic E-state index is 0.823. The lowest BCUT2D eigenvalue weighted by Crippen LogP contribution is -2.30. The van der Waals surface area contributed by atoms with Crippen LogP contribution in [0, 0.1) is 11.8 Å². The average molecular weight is 167 g/mol. The summed E-state index contributed by atoms with van der Waals surface area (Å²) in [6.07, 6.45) is 7.40. The number of fused-ring (bicyclic) bond motifs is 1. The van der Waals surface area contributed by atoms with Crippen molar-refractivity contribution in [3.05, 3.63) is 0 Å². The highest BCUT2D eigenvalue weighted by atomic mass is 15.1. The highest BCUT2D eigenvalue weighted by Crippen LogP contribution is 2.43. The van der Waals surface area contributed by atoms with Gasteiger partial charge in [0, 0.05) is 12.6 Å². The molecule has 0 aromatic rings. The fraction of sp³-hybridized carbons (Fsp3) is 1.00. The quantitative estimate of drug-likeness (QED) is 0.536. The van der Waals surface area contributed by atoms with E-state index in [-0.39, 0.29) is 0 Å². The van der Waals surface area contributed by atoms with Crippen LogP contribution in [0.4, 0.5) is 0 Å². The lowest BCUT2D eigenvalue weighted by molar-refractivity contribution is 0.235. The molecule has 1 aliphatic heterocycles. The molecule has 1 saturated carbocycles. The summed E-state index contributed by atoms with van der Waals surface area (Å²) in [7, 11) is 2.30. The van der Waals surface area contributed by atoms with Crippen LogP contribution in [0.3, 0.4) is 0 Å². The molecule has 0 radical (unpaired) electrons. The number of nitrogens with zero attached hydrogens (tertiary/aromatic N) is 1. The molecule has 0 N–H and O–H groups in total. The smallest absolute Gasteiger partial charge is 0.00640 e. The van der Waals surface area contributed by atoms with Gasteiger partial charge in [-0.25, -0.2) is 0 Å². The van der Waals surface area contributed by atoms with E-state index in [1.807, 2.05) is 0 Å². The van der Waals surface area contributed by atoms with Gasteiger partial charge < -0.3 is 4.90 Å². The SMILES string of the molecule is CC1CCCCC2CC2CN1C. The van der Waals surface area contributed by atoms with E-state index < -0.39 is 0 Å². The van der Waals surface area contributed by atoms with E-state index in [0.29, 0.717) is 0 Å². The predicted octanol–water partition coefficient (Wildman–Crippen LogP) is 2.52. The fourth-order valence-electron chi connectivity index (χ4n) is 2.50. The number of hydrogen-bond donors (Lipinski definition) is 0. The van der Waals surface area contributed by atoms with Crippen LogP contribution >= 0.6 is 0 Å². The van der Waals surface area contributed by atoms with Gasteiger partial charge in [-0.1, -0.05) is 19.3 Å². The summed E-state index contributed by atoms with van der Waals surface area (Å²) in [6, 6.07) is 0.823. The third kappa shape index (κ3) is 1.82. The van der Waals surface area contributed by atoms with Crippen LogP contribution in [0.1, 0.15) is 39.0 Å². The van der Waals surface area contributed by atoms with Crippen LogP contribution in [0.15, 0.2) is 0 Å². The molecule has 0 spiro atoms. The topological polar surface area (TPSA) is 3.24 Å². The van der Waals surface area contributed by atoms with Gasteiger partial charge in [0.25, 0.3) is 0 Å². The monoisotopic (exact) mass is 167 g/mol. The van der Waals surface area contributed by atoms with Gasteiger partial charge in [0.15, 0.2) is 0 Å². The van der Waals surface area contributed by atoms with Gasteiger partial charge in [-0.05, 0) is 38.6 Å². The Hall–Kier alpha value is -0.0400. The maximum Gasteiger partial charge on any atom is 0.00640 e. The van der Waals surface area contributed by atoms with E-state index in [1.165, 1.54) is 38.6 Å². The van der Waals surface area contributed by atoms with Gasteiger partial charge in [0.1, 0.15) is 0 Å². The summed E-state index contributed by atoms with van der Waals surface area (Å²) in [5.74, 6) is 2.17. The second-order valence-electron chi connectivity index (χ2n) is 4.83. The van der Waals surface area contributed by atoms with Crippen LogP contribution in [-0.4, -0.2) is 24.5 Å². The molecule has 0 aromatic carbocycles. The van der Waals surface area contributed by atoms with E-state index in [9.17, 15) is 0 Å². The summed E-state index contributed by atoms with van der Waals surface area (Å²) < 4.78 is 0. The Morgan fingerprint density at radius 1 is 1.08 bits per heavy atom. The van der Waals surface area contributed by atoms with Gasteiger partial charge in [0.2, 0.25) is 0 Å². The van der Waals surface area contributed by atoms with Crippen molar-refractivity contribution in [1.29, 1.82) is 0 Å². The molecule has 1 aliphatic carbocycles. The van der Waals surface area contributed by atoms with E-state index in [4.69, 9.17) is 0 Å². The van der Waals surface area contributed by atoms with Crippen LogP contribution < -0.4 is 0 Å². The molecule has 2 fully saturated rings. The Balaban J connectivity index is 1.90. The molecule has 1 heterocycles. The lowest BCUT2D eigenvalue weighted by atomic mass is 10.1. The average Bonchev–Trinajstić information content (AvgIpc) is 2.75. The molecule has 1 saturated heterocycles. The molecule has 2 rings (SSSR count). The molecule has 3 atom stereocenters. The van der Waals surface area contributed by atoms with Crippen LogP contribution in [0.25, 0.3) is 0 Å². The van der Waals surface area contributed by atoms with Crippen molar-refractivity contribution >= 4 is 0 Å². The number of rotatable bonds is 0. The summed E-state index contributed by atoms with van der Waals surface area (Å²) in [4.78, 5) is 2.57. The Morgan fingerprint density at radius 2 is 1.83 bits per heavy atom. The first-order chi connectivity index (χ1) is 5.77. The zero-order valence-electron chi connectivity index (χ0n) is 8.42. The third-order valence-electron chi connectivity index (χ3n) is 3.79. The minimum Gasteiger partial charge on any atom is -0.303 e. The van der Waals surface area contributed by atoms with Crippen molar-refractivity contribution in [1.82, 2.24) is 4.90 Å². The molecule has 0 amide bonds. The molecule has 0 aromatic heterocycles. The van der Waals surface area contributed by atoms with Gasteiger partial charge in [0.05, 0.1) is 0 Å². The van der Waals surface area contributed by atoms with E-state index in [0.717, 1.165) is 17.9 Å². The summed E-state index contributed by atoms with van der Waals surface area (Å²) in [5.41, 5.74) is 0. The first-order valence-electron chi connectivity index (χ1n) is 5.47. The van der Waals surface area contributed by atoms with E-state index in [1.54, 1.807) is 0 Å². The second-order valence-corrected chi connectivity index (χ2v) is 4.83. The van der Waals surface area contributed by atoms with Gasteiger partial charge in [-0.15, -0.1) is 0 Å². The van der Waals surface area contributed by atoms with Crippen LogP contribution in [0.5, 0.6) is 0 Å². The standard InChI is InChI=1S/C11H21N/c1-9-5-3-4-6-10-7-11(10)8-12(9)2/h9-11H,3-8H2,1-2H3. The highest BCUT2D eigenvalue weighted by Gasteiger charge is 2.37. The number of hydrogen-bond acceptors (Lipinski definition) is 1. The van der Waals surface area contributed by atoms with Gasteiger partial charge in [-0.3, -0.25) is 0 Å². The van der Waals surface area contributed by atoms with Crippen molar-refractivity contribution < 1.29 is 0 Å². The van der Waals surface area contributed by atoms with Gasteiger partial charge in [-0.2, -0.15) is 0 Å².